The lowest BCUT2D eigenvalue weighted by atomic mass is 9.90. The van der Waals surface area contributed by atoms with Crippen molar-refractivity contribution in [3.63, 3.8) is 0 Å². The minimum absolute atomic E-state index is 0.0675. The molecule has 1 aromatic rings. The van der Waals surface area contributed by atoms with Gasteiger partial charge >= 0.3 is 0 Å². The first kappa shape index (κ1) is 12.1. The monoisotopic (exact) mass is 269 g/mol. The van der Waals surface area contributed by atoms with E-state index >= 15 is 0 Å². The fourth-order valence-corrected chi connectivity index (χ4v) is 3.07. The van der Waals surface area contributed by atoms with Crippen molar-refractivity contribution in [2.75, 3.05) is 13.2 Å². The maximum Gasteiger partial charge on any atom is 0.290 e. The largest absolute Gasteiger partial charge is 0.440 e. The number of halogens is 1. The molecule has 2 fully saturated rings. The smallest absolute Gasteiger partial charge is 0.290 e. The number of nitrogens with zero attached hydrogens (tertiary/aromatic N) is 1. The van der Waals surface area contributed by atoms with Crippen molar-refractivity contribution in [3.8, 4) is 0 Å². The van der Waals surface area contributed by atoms with E-state index < -0.39 is 0 Å². The highest BCUT2D eigenvalue weighted by molar-refractivity contribution is 6.29. The number of hydrogen-bond acceptors (Lipinski definition) is 3. The zero-order valence-electron chi connectivity index (χ0n) is 10.1. The van der Waals surface area contributed by atoms with Gasteiger partial charge in [-0.3, -0.25) is 4.79 Å². The molecule has 18 heavy (non-hydrogen) atoms. The number of carbonyl (C=O) groups is 1. The maximum absolute atomic E-state index is 12.4. The molecule has 1 amide bonds. The van der Waals surface area contributed by atoms with Crippen molar-refractivity contribution < 1.29 is 13.9 Å². The number of carbonyl (C=O) groups excluding carboxylic acids is 1. The highest BCUT2D eigenvalue weighted by Crippen LogP contribution is 2.29. The summed E-state index contributed by atoms with van der Waals surface area (Å²) in [6, 6.07) is 3.44. The summed E-state index contributed by atoms with van der Waals surface area (Å²) in [5.41, 5.74) is 0. The molecule has 0 unspecified atom stereocenters. The Morgan fingerprint density at radius 2 is 2.17 bits per heavy atom. The minimum atomic E-state index is -0.0675. The predicted octanol–water partition coefficient (Wildman–Crippen LogP) is 2.72. The number of amides is 1. The highest BCUT2D eigenvalue weighted by atomic mass is 35.5. The lowest BCUT2D eigenvalue weighted by molar-refractivity contribution is -0.0759. The first-order chi connectivity index (χ1) is 8.75. The van der Waals surface area contributed by atoms with Crippen LogP contribution in [0, 0.1) is 0 Å². The normalized spacial score (nSPS) is 27.9. The van der Waals surface area contributed by atoms with Gasteiger partial charge in [-0.15, -0.1) is 0 Å². The number of morpholine rings is 1. The third-order valence-corrected chi connectivity index (χ3v) is 3.98. The molecule has 0 N–H and O–H groups in total. The van der Waals surface area contributed by atoms with Crippen molar-refractivity contribution in [2.45, 2.75) is 37.8 Å². The van der Waals surface area contributed by atoms with E-state index in [1.54, 1.807) is 12.1 Å². The van der Waals surface area contributed by atoms with Gasteiger partial charge in [0, 0.05) is 6.54 Å². The molecule has 1 aliphatic carbocycles. The van der Waals surface area contributed by atoms with Crippen LogP contribution in [0.15, 0.2) is 16.5 Å². The molecule has 1 aromatic heterocycles. The van der Waals surface area contributed by atoms with E-state index in [2.05, 4.69) is 0 Å². The molecule has 0 bridgehead atoms. The molecule has 2 atom stereocenters. The fourth-order valence-electron chi connectivity index (χ4n) is 2.92. The molecule has 2 aliphatic rings. The summed E-state index contributed by atoms with van der Waals surface area (Å²) in [7, 11) is 0. The van der Waals surface area contributed by atoms with Gasteiger partial charge in [0.15, 0.2) is 11.0 Å². The van der Waals surface area contributed by atoms with Crippen LogP contribution in [0.1, 0.15) is 36.2 Å². The van der Waals surface area contributed by atoms with Gasteiger partial charge in [0.1, 0.15) is 0 Å². The average molecular weight is 270 g/mol. The first-order valence-corrected chi connectivity index (χ1v) is 6.81. The maximum atomic E-state index is 12.4. The standard InChI is InChI=1S/C13H16ClNO3/c14-12-6-5-11(18-12)13(16)15-7-8-17-10-4-2-1-3-9(10)15/h5-6,9-10H,1-4,7-8H2/t9-,10+/m1/s1. The average Bonchev–Trinajstić information content (AvgIpc) is 2.84. The minimum Gasteiger partial charge on any atom is -0.440 e. The summed E-state index contributed by atoms with van der Waals surface area (Å²) < 4.78 is 11.0. The number of hydrogen-bond donors (Lipinski definition) is 0. The Bertz CT molecular complexity index is 443. The van der Waals surface area contributed by atoms with E-state index in [-0.39, 0.29) is 23.3 Å². The van der Waals surface area contributed by atoms with Crippen molar-refractivity contribution in [3.05, 3.63) is 23.1 Å². The van der Waals surface area contributed by atoms with Crippen LogP contribution in [0.2, 0.25) is 5.22 Å². The van der Waals surface area contributed by atoms with Gasteiger partial charge in [-0.1, -0.05) is 12.8 Å². The van der Waals surface area contributed by atoms with E-state index in [1.807, 2.05) is 4.90 Å². The zero-order chi connectivity index (χ0) is 12.5. The first-order valence-electron chi connectivity index (χ1n) is 6.43. The van der Waals surface area contributed by atoms with E-state index in [1.165, 1.54) is 6.42 Å². The van der Waals surface area contributed by atoms with Gasteiger partial charge in [0.2, 0.25) is 0 Å². The lowest BCUT2D eigenvalue weighted by Gasteiger charge is -2.43. The molecule has 98 valence electrons. The lowest BCUT2D eigenvalue weighted by Crippen LogP contribution is -2.54. The van der Waals surface area contributed by atoms with Crippen LogP contribution in [0.3, 0.4) is 0 Å². The summed E-state index contributed by atoms with van der Waals surface area (Å²) in [4.78, 5) is 14.3. The van der Waals surface area contributed by atoms with Gasteiger partial charge in [0.25, 0.3) is 5.91 Å². The molecular formula is C13H16ClNO3. The fraction of sp³-hybridized carbons (Fsp3) is 0.615. The molecule has 0 aromatic carbocycles. The Balaban J connectivity index is 1.79. The Kier molecular flexibility index (Phi) is 3.31. The summed E-state index contributed by atoms with van der Waals surface area (Å²) >= 11 is 5.72. The molecule has 1 saturated heterocycles. The third kappa shape index (κ3) is 2.15. The van der Waals surface area contributed by atoms with Crippen molar-refractivity contribution in [2.24, 2.45) is 0 Å². The second kappa shape index (κ2) is 4.94. The summed E-state index contributed by atoms with van der Waals surface area (Å²) in [5, 5.41) is 0.256. The highest BCUT2D eigenvalue weighted by Gasteiger charge is 2.37. The number of furan rings is 1. The Labute approximate surface area is 111 Å². The van der Waals surface area contributed by atoms with Gasteiger partial charge in [-0.2, -0.15) is 0 Å². The van der Waals surface area contributed by atoms with Crippen LogP contribution in [-0.4, -0.2) is 36.1 Å². The third-order valence-electron chi connectivity index (χ3n) is 3.78. The van der Waals surface area contributed by atoms with E-state index in [0.717, 1.165) is 19.3 Å². The van der Waals surface area contributed by atoms with Crippen molar-refractivity contribution in [1.29, 1.82) is 0 Å². The van der Waals surface area contributed by atoms with Crippen LogP contribution in [0.25, 0.3) is 0 Å². The molecule has 1 aliphatic heterocycles. The number of fused-ring (bicyclic) bond motifs is 1. The summed E-state index contributed by atoms with van der Waals surface area (Å²) in [6.45, 7) is 1.25. The predicted molar refractivity (Wildman–Crippen MR) is 66.8 cm³/mol. The molecule has 3 rings (SSSR count). The van der Waals surface area contributed by atoms with Gasteiger partial charge in [0.05, 0.1) is 18.8 Å². The van der Waals surface area contributed by atoms with Crippen LogP contribution in [0.4, 0.5) is 0 Å². The van der Waals surface area contributed by atoms with Crippen molar-refractivity contribution in [1.82, 2.24) is 4.90 Å². The molecular weight excluding hydrogens is 254 g/mol. The van der Waals surface area contributed by atoms with E-state index in [9.17, 15) is 4.79 Å². The van der Waals surface area contributed by atoms with Crippen LogP contribution < -0.4 is 0 Å². The second-order valence-corrected chi connectivity index (χ2v) is 5.24. The molecule has 5 heteroatoms. The Morgan fingerprint density at radius 3 is 2.94 bits per heavy atom. The second-order valence-electron chi connectivity index (χ2n) is 4.86. The van der Waals surface area contributed by atoms with E-state index in [0.29, 0.717) is 18.9 Å². The number of ether oxygens (including phenoxy) is 1. The molecule has 0 radical (unpaired) electrons. The quantitative estimate of drug-likeness (QED) is 0.787. The Morgan fingerprint density at radius 1 is 1.33 bits per heavy atom. The number of rotatable bonds is 1. The van der Waals surface area contributed by atoms with E-state index in [4.69, 9.17) is 20.8 Å². The molecule has 0 spiro atoms. The topological polar surface area (TPSA) is 42.7 Å². The molecule has 4 nitrogen and oxygen atoms in total. The summed E-state index contributed by atoms with van der Waals surface area (Å²) in [6.07, 6.45) is 4.61. The van der Waals surface area contributed by atoms with Gasteiger partial charge in [-0.05, 0) is 36.6 Å². The summed E-state index contributed by atoms with van der Waals surface area (Å²) in [5.74, 6) is 0.258. The zero-order valence-corrected chi connectivity index (χ0v) is 10.9. The van der Waals surface area contributed by atoms with Gasteiger partial charge < -0.3 is 14.1 Å². The van der Waals surface area contributed by atoms with Gasteiger partial charge in [-0.25, -0.2) is 0 Å². The molecule has 2 heterocycles. The van der Waals surface area contributed by atoms with Crippen LogP contribution in [-0.2, 0) is 4.74 Å². The Hall–Kier alpha value is -1.00. The van der Waals surface area contributed by atoms with Crippen LogP contribution in [0.5, 0.6) is 0 Å². The van der Waals surface area contributed by atoms with Crippen LogP contribution >= 0.6 is 11.6 Å². The van der Waals surface area contributed by atoms with Crippen molar-refractivity contribution >= 4 is 17.5 Å². The SMILES string of the molecule is O=C(c1ccc(Cl)o1)N1CCO[C@H]2CCCC[C@H]21. The molecule has 1 saturated carbocycles.